The Labute approximate surface area is 173 Å². The van der Waals surface area contributed by atoms with Crippen molar-refractivity contribution >= 4 is 29.3 Å². The standard InChI is InChI=1S/C21H21ClN4OS/c1-14-4-3-5-18(12-14)26-20(15-6-8-16(22)9-7-15)23-24-21(26)28-13-19(27)25(2)17-10-11-17/h3-9,12,17H,10-11,13H2,1-2H3. The number of thioether (sulfide) groups is 1. The summed E-state index contributed by atoms with van der Waals surface area (Å²) in [6.45, 7) is 2.05. The second-order valence-corrected chi connectivity index (χ2v) is 8.39. The molecule has 0 N–H and O–H groups in total. The Balaban J connectivity index is 1.67. The molecule has 1 aliphatic rings. The molecule has 0 radical (unpaired) electrons. The number of hydrogen-bond donors (Lipinski definition) is 0. The van der Waals surface area contributed by atoms with Crippen LogP contribution in [0.3, 0.4) is 0 Å². The molecule has 5 nitrogen and oxygen atoms in total. The van der Waals surface area contributed by atoms with Gasteiger partial charge in [-0.2, -0.15) is 0 Å². The largest absolute Gasteiger partial charge is 0.342 e. The molecule has 0 unspecified atom stereocenters. The van der Waals surface area contributed by atoms with Crippen LogP contribution < -0.4 is 0 Å². The van der Waals surface area contributed by atoms with Crippen molar-refractivity contribution in [2.24, 2.45) is 0 Å². The van der Waals surface area contributed by atoms with Crippen LogP contribution in [-0.2, 0) is 4.79 Å². The van der Waals surface area contributed by atoms with Crippen LogP contribution in [0.15, 0.2) is 53.7 Å². The number of carbonyl (C=O) groups excluding carboxylic acids is 1. The molecule has 4 rings (SSSR count). The minimum absolute atomic E-state index is 0.124. The number of amides is 1. The molecule has 7 heteroatoms. The van der Waals surface area contributed by atoms with E-state index in [1.165, 1.54) is 11.8 Å². The first-order chi connectivity index (χ1) is 13.5. The number of rotatable bonds is 6. The van der Waals surface area contributed by atoms with Crippen LogP contribution >= 0.6 is 23.4 Å². The highest BCUT2D eigenvalue weighted by atomic mass is 35.5. The fourth-order valence-electron chi connectivity index (χ4n) is 3.04. The normalized spacial score (nSPS) is 13.5. The number of nitrogens with zero attached hydrogens (tertiary/aromatic N) is 4. The summed E-state index contributed by atoms with van der Waals surface area (Å²) in [4.78, 5) is 14.3. The zero-order valence-electron chi connectivity index (χ0n) is 15.8. The molecule has 1 amide bonds. The third-order valence-corrected chi connectivity index (χ3v) is 5.97. The van der Waals surface area contributed by atoms with E-state index in [1.807, 2.05) is 52.9 Å². The number of benzene rings is 2. The fraction of sp³-hybridized carbons (Fsp3) is 0.286. The minimum atomic E-state index is 0.124. The van der Waals surface area contributed by atoms with Crippen molar-refractivity contribution in [3.63, 3.8) is 0 Å². The fourth-order valence-corrected chi connectivity index (χ4v) is 4.04. The summed E-state index contributed by atoms with van der Waals surface area (Å²) in [7, 11) is 1.88. The molecule has 0 atom stereocenters. The maximum atomic E-state index is 12.4. The first-order valence-electron chi connectivity index (χ1n) is 9.20. The van der Waals surface area contributed by atoms with E-state index in [2.05, 4.69) is 29.3 Å². The molecular formula is C21H21ClN4OS. The summed E-state index contributed by atoms with van der Waals surface area (Å²) >= 11 is 7.46. The molecule has 2 aromatic carbocycles. The van der Waals surface area contributed by atoms with Crippen LogP contribution in [0.25, 0.3) is 17.1 Å². The Bertz CT molecular complexity index is 998. The Hall–Kier alpha value is -2.31. The molecular weight excluding hydrogens is 392 g/mol. The molecule has 1 fully saturated rings. The smallest absolute Gasteiger partial charge is 0.233 e. The Morgan fingerprint density at radius 3 is 2.64 bits per heavy atom. The van der Waals surface area contributed by atoms with E-state index in [0.717, 1.165) is 35.5 Å². The molecule has 1 heterocycles. The highest BCUT2D eigenvalue weighted by Gasteiger charge is 2.29. The van der Waals surface area contributed by atoms with E-state index < -0.39 is 0 Å². The van der Waals surface area contributed by atoms with Gasteiger partial charge in [-0.15, -0.1) is 10.2 Å². The zero-order valence-corrected chi connectivity index (χ0v) is 17.4. The van der Waals surface area contributed by atoms with Gasteiger partial charge >= 0.3 is 0 Å². The topological polar surface area (TPSA) is 51.0 Å². The van der Waals surface area contributed by atoms with Crippen LogP contribution in [0.1, 0.15) is 18.4 Å². The van der Waals surface area contributed by atoms with Gasteiger partial charge in [0.25, 0.3) is 0 Å². The Morgan fingerprint density at radius 1 is 1.21 bits per heavy atom. The lowest BCUT2D eigenvalue weighted by molar-refractivity contribution is -0.127. The molecule has 1 aliphatic carbocycles. The maximum absolute atomic E-state index is 12.4. The van der Waals surface area contributed by atoms with Crippen molar-refractivity contribution in [2.75, 3.05) is 12.8 Å². The van der Waals surface area contributed by atoms with Crippen molar-refractivity contribution in [3.05, 3.63) is 59.1 Å². The van der Waals surface area contributed by atoms with Crippen LogP contribution in [0.5, 0.6) is 0 Å². The number of hydrogen-bond acceptors (Lipinski definition) is 4. The summed E-state index contributed by atoms with van der Waals surface area (Å²) in [5.41, 5.74) is 3.04. The van der Waals surface area contributed by atoms with E-state index in [0.29, 0.717) is 22.0 Å². The maximum Gasteiger partial charge on any atom is 0.233 e. The lowest BCUT2D eigenvalue weighted by atomic mass is 10.2. The summed E-state index contributed by atoms with van der Waals surface area (Å²) < 4.78 is 2.01. The quantitative estimate of drug-likeness (QED) is 0.555. The monoisotopic (exact) mass is 412 g/mol. The lowest BCUT2D eigenvalue weighted by Gasteiger charge is -2.16. The van der Waals surface area contributed by atoms with Gasteiger partial charge in [0, 0.05) is 29.4 Å². The van der Waals surface area contributed by atoms with E-state index in [9.17, 15) is 4.79 Å². The average molecular weight is 413 g/mol. The van der Waals surface area contributed by atoms with E-state index in [-0.39, 0.29) is 5.91 Å². The van der Waals surface area contributed by atoms with Gasteiger partial charge in [-0.25, -0.2) is 0 Å². The van der Waals surface area contributed by atoms with Crippen LogP contribution in [0, 0.1) is 6.92 Å². The third kappa shape index (κ3) is 4.08. The average Bonchev–Trinajstić information content (AvgIpc) is 3.45. The van der Waals surface area contributed by atoms with E-state index in [1.54, 1.807) is 0 Å². The summed E-state index contributed by atoms with van der Waals surface area (Å²) in [5.74, 6) is 1.20. The van der Waals surface area contributed by atoms with Crippen LogP contribution in [0.2, 0.25) is 5.02 Å². The van der Waals surface area contributed by atoms with Gasteiger partial charge in [0.1, 0.15) is 0 Å². The van der Waals surface area contributed by atoms with Crippen LogP contribution in [0.4, 0.5) is 0 Å². The zero-order chi connectivity index (χ0) is 19.7. The molecule has 28 heavy (non-hydrogen) atoms. The Kier molecular flexibility index (Phi) is 5.42. The highest BCUT2D eigenvalue weighted by molar-refractivity contribution is 7.99. The van der Waals surface area contributed by atoms with Gasteiger partial charge < -0.3 is 4.90 Å². The molecule has 0 aliphatic heterocycles. The van der Waals surface area contributed by atoms with Gasteiger partial charge in [-0.1, -0.05) is 35.5 Å². The molecule has 0 bridgehead atoms. The SMILES string of the molecule is Cc1cccc(-n2c(SCC(=O)N(C)C3CC3)nnc2-c2ccc(Cl)cc2)c1. The lowest BCUT2D eigenvalue weighted by Crippen LogP contribution is -2.30. The molecule has 0 spiro atoms. The first-order valence-corrected chi connectivity index (χ1v) is 10.6. The van der Waals surface area contributed by atoms with Gasteiger partial charge in [-0.3, -0.25) is 9.36 Å². The van der Waals surface area contributed by atoms with Gasteiger partial charge in [0.2, 0.25) is 5.91 Å². The van der Waals surface area contributed by atoms with Crippen LogP contribution in [-0.4, -0.2) is 44.4 Å². The first kappa shape index (κ1) is 19.0. The highest BCUT2D eigenvalue weighted by Crippen LogP contribution is 2.30. The minimum Gasteiger partial charge on any atom is -0.342 e. The summed E-state index contributed by atoms with van der Waals surface area (Å²) in [5, 5.41) is 10.2. The molecule has 1 aromatic heterocycles. The number of carbonyl (C=O) groups is 1. The summed E-state index contributed by atoms with van der Waals surface area (Å²) in [6.07, 6.45) is 2.21. The third-order valence-electron chi connectivity index (χ3n) is 4.81. The predicted octanol–water partition coefficient (Wildman–Crippen LogP) is 4.61. The van der Waals surface area contributed by atoms with Crippen molar-refractivity contribution in [1.82, 2.24) is 19.7 Å². The number of aryl methyl sites for hydroxylation is 1. The molecule has 0 saturated heterocycles. The van der Waals surface area contributed by atoms with E-state index >= 15 is 0 Å². The van der Waals surface area contributed by atoms with Gasteiger partial charge in [0.05, 0.1) is 5.75 Å². The molecule has 1 saturated carbocycles. The van der Waals surface area contributed by atoms with Crippen molar-refractivity contribution < 1.29 is 4.79 Å². The van der Waals surface area contributed by atoms with Gasteiger partial charge in [-0.05, 0) is 61.7 Å². The summed E-state index contributed by atoms with van der Waals surface area (Å²) in [6, 6.07) is 16.1. The molecule has 3 aromatic rings. The van der Waals surface area contributed by atoms with E-state index in [4.69, 9.17) is 11.6 Å². The molecule has 144 valence electrons. The number of halogens is 1. The second-order valence-electron chi connectivity index (χ2n) is 7.01. The number of aromatic nitrogens is 3. The Morgan fingerprint density at radius 2 is 1.96 bits per heavy atom. The van der Waals surface area contributed by atoms with Crippen molar-refractivity contribution in [1.29, 1.82) is 0 Å². The predicted molar refractivity (Wildman–Crippen MR) is 113 cm³/mol. The second kappa shape index (κ2) is 7.97. The van der Waals surface area contributed by atoms with Gasteiger partial charge in [0.15, 0.2) is 11.0 Å². The van der Waals surface area contributed by atoms with Crippen molar-refractivity contribution in [2.45, 2.75) is 31.0 Å². The van der Waals surface area contributed by atoms with Crippen molar-refractivity contribution in [3.8, 4) is 17.1 Å².